The van der Waals surface area contributed by atoms with Gasteiger partial charge in [0.15, 0.2) is 28.6 Å². The quantitative estimate of drug-likeness (QED) is 0.150. The summed E-state index contributed by atoms with van der Waals surface area (Å²) >= 11 is 0. The summed E-state index contributed by atoms with van der Waals surface area (Å²) in [5.41, 5.74) is 15.4. The number of fused-ring (bicyclic) bond motifs is 9. The maximum absolute atomic E-state index is 6.09. The second-order valence-corrected chi connectivity index (χ2v) is 18.8. The number of benzene rings is 11. The number of para-hydroxylation sites is 4. The van der Waals surface area contributed by atoms with E-state index >= 15 is 0 Å². The van der Waals surface area contributed by atoms with Gasteiger partial charge < -0.3 is 13.4 Å². The number of hydrogen-bond donors (Lipinski definition) is 0. The van der Waals surface area contributed by atoms with Gasteiger partial charge in [-0.1, -0.05) is 164 Å². The zero-order valence-electron chi connectivity index (χ0n) is 40.1. The first kappa shape index (κ1) is 42.4. The molecule has 0 aliphatic carbocycles. The van der Waals surface area contributed by atoms with Crippen molar-refractivity contribution in [1.82, 2.24) is 29.5 Å². The van der Waals surface area contributed by atoms with Gasteiger partial charge in [0.2, 0.25) is 11.8 Å². The molecule has 0 fully saturated rings. The van der Waals surface area contributed by atoms with Crippen LogP contribution in [0.4, 0.5) is 0 Å². The number of nitrogens with zero attached hydrogens (tertiary/aromatic N) is 6. The van der Waals surface area contributed by atoms with Crippen LogP contribution in [0, 0.1) is 0 Å². The van der Waals surface area contributed by atoms with Crippen molar-refractivity contribution in [2.24, 2.45) is 0 Å². The Labute approximate surface area is 429 Å². The van der Waals surface area contributed by atoms with Gasteiger partial charge in [-0.15, -0.1) is 0 Å². The third-order valence-electron chi connectivity index (χ3n) is 14.3. The molecule has 15 rings (SSSR count). The zero-order valence-corrected chi connectivity index (χ0v) is 40.1. The molecule has 8 nitrogen and oxygen atoms in total. The van der Waals surface area contributed by atoms with Gasteiger partial charge in [0.05, 0.1) is 11.0 Å². The van der Waals surface area contributed by atoms with Crippen molar-refractivity contribution >= 4 is 65.6 Å². The molecule has 0 amide bonds. The molecule has 11 aromatic carbocycles. The van der Waals surface area contributed by atoms with Crippen molar-refractivity contribution in [3.63, 3.8) is 0 Å². The normalized spacial score (nSPS) is 11.7. The summed E-state index contributed by atoms with van der Waals surface area (Å²) in [6, 6.07) is 84.2. The summed E-state index contributed by atoms with van der Waals surface area (Å²) in [5, 5.41) is 7.34. The fourth-order valence-corrected chi connectivity index (χ4v) is 10.6. The molecule has 4 aromatic heterocycles. The second-order valence-electron chi connectivity index (χ2n) is 18.8. The van der Waals surface area contributed by atoms with E-state index in [1.165, 1.54) is 54.5 Å². The van der Waals surface area contributed by atoms with E-state index in [0.29, 0.717) is 29.3 Å². The molecule has 15 aromatic rings. The lowest BCUT2D eigenvalue weighted by Gasteiger charge is -2.11. The molecule has 0 N–H and O–H groups in total. The van der Waals surface area contributed by atoms with Crippen molar-refractivity contribution in [3.8, 4) is 85.0 Å². The Hall–Kier alpha value is -10.3. The van der Waals surface area contributed by atoms with Crippen LogP contribution in [-0.4, -0.2) is 29.5 Å². The molecular weight excluding hydrogens is 921 g/mol. The summed E-state index contributed by atoms with van der Waals surface area (Å²) in [7, 11) is 0. The van der Waals surface area contributed by atoms with Crippen molar-refractivity contribution in [2.45, 2.75) is 0 Å². The van der Waals surface area contributed by atoms with Gasteiger partial charge in [0.1, 0.15) is 11.0 Å². The first-order valence-electron chi connectivity index (χ1n) is 25.0. The van der Waals surface area contributed by atoms with Crippen molar-refractivity contribution < 1.29 is 8.83 Å². The van der Waals surface area contributed by atoms with E-state index < -0.39 is 0 Å². The molecule has 0 spiro atoms. The van der Waals surface area contributed by atoms with E-state index in [9.17, 15) is 0 Å². The van der Waals surface area contributed by atoms with E-state index in [0.717, 1.165) is 66.8 Å². The average Bonchev–Trinajstić information content (AvgIpc) is 4.23. The van der Waals surface area contributed by atoms with Crippen molar-refractivity contribution in [1.29, 1.82) is 0 Å². The van der Waals surface area contributed by atoms with Gasteiger partial charge in [-0.25, -0.2) is 24.9 Å². The molecular formula is C67H40N6O2. The summed E-state index contributed by atoms with van der Waals surface area (Å²) < 4.78 is 14.6. The van der Waals surface area contributed by atoms with E-state index in [2.05, 4.69) is 150 Å². The number of hydrogen-bond acceptors (Lipinski definition) is 7. The Morgan fingerprint density at radius 2 is 0.720 bits per heavy atom. The Kier molecular flexibility index (Phi) is 9.71. The lowest BCUT2D eigenvalue weighted by atomic mass is 9.96. The fourth-order valence-electron chi connectivity index (χ4n) is 10.6. The molecule has 75 heavy (non-hydrogen) atoms. The van der Waals surface area contributed by atoms with Crippen molar-refractivity contribution in [2.75, 3.05) is 0 Å². The second kappa shape index (κ2) is 17.2. The van der Waals surface area contributed by atoms with Gasteiger partial charge in [-0.05, 0) is 123 Å². The van der Waals surface area contributed by atoms with E-state index in [4.69, 9.17) is 33.8 Å². The molecule has 4 heterocycles. The van der Waals surface area contributed by atoms with Crippen LogP contribution in [0.2, 0.25) is 0 Å². The molecule has 0 unspecified atom stereocenters. The molecule has 0 aliphatic heterocycles. The first-order valence-corrected chi connectivity index (χ1v) is 25.0. The molecule has 8 heteroatoms. The Balaban J connectivity index is 0.805. The van der Waals surface area contributed by atoms with E-state index in [1.807, 2.05) is 97.1 Å². The maximum Gasteiger partial charge on any atom is 0.227 e. The highest BCUT2D eigenvalue weighted by atomic mass is 16.4. The molecule has 0 radical (unpaired) electrons. The SMILES string of the molecule is c1ccc(-c2cccc(-n3c4ccc5ccccc5c4c4c5ccc(-c6ccc(-c7nc(-c8ccc(-c9nc%10ccccc%10o9)cc8)nc(-c8ccc(-c9nc%10ccccc%10o9)cc8)n7)cc6)cc5ccc43)c2)cc1. The molecule has 0 saturated heterocycles. The van der Waals surface area contributed by atoms with Gasteiger partial charge in [-0.2, -0.15) is 0 Å². The summed E-state index contributed by atoms with van der Waals surface area (Å²) in [6.07, 6.45) is 0. The molecule has 0 bridgehead atoms. The van der Waals surface area contributed by atoms with Gasteiger partial charge in [0, 0.05) is 44.3 Å². The highest BCUT2D eigenvalue weighted by molar-refractivity contribution is 6.28. The first-order chi connectivity index (χ1) is 37.1. The number of aromatic nitrogens is 6. The number of oxazole rings is 2. The number of rotatable bonds is 8. The minimum Gasteiger partial charge on any atom is -0.436 e. The third kappa shape index (κ3) is 7.34. The summed E-state index contributed by atoms with van der Waals surface area (Å²) in [4.78, 5) is 24.7. The molecule has 0 aliphatic rings. The van der Waals surface area contributed by atoms with E-state index in [1.54, 1.807) is 0 Å². The lowest BCUT2D eigenvalue weighted by Crippen LogP contribution is -2.00. The minimum absolute atomic E-state index is 0.546. The standard InChI is InChI=1S/C67H40N6O2/c1-2-11-41(12-3-1)49-14-10-15-52(40-49)73-57-37-34-43-13-4-5-16-53(43)61(57)62-54-36-33-50(39-51(54)35-38-58(62)73)42-21-23-44(24-22-42)63-70-64(45-25-29-47(30-26-45)66-68-55-17-6-8-19-59(55)74-66)72-65(71-63)46-27-31-48(32-28-46)67-69-56-18-7-9-20-60(56)75-67/h1-40H. The van der Waals surface area contributed by atoms with Gasteiger partial charge in [-0.3, -0.25) is 0 Å². The molecule has 0 saturated carbocycles. The predicted molar refractivity (Wildman–Crippen MR) is 302 cm³/mol. The topological polar surface area (TPSA) is 95.7 Å². The Morgan fingerprint density at radius 1 is 0.280 bits per heavy atom. The Morgan fingerprint density at radius 3 is 1.31 bits per heavy atom. The third-order valence-corrected chi connectivity index (χ3v) is 14.3. The van der Waals surface area contributed by atoms with Gasteiger partial charge in [0.25, 0.3) is 0 Å². The maximum atomic E-state index is 6.09. The smallest absolute Gasteiger partial charge is 0.227 e. The largest absolute Gasteiger partial charge is 0.436 e. The average molecular weight is 961 g/mol. The minimum atomic E-state index is 0.546. The van der Waals surface area contributed by atoms with Crippen molar-refractivity contribution in [3.05, 3.63) is 243 Å². The lowest BCUT2D eigenvalue weighted by molar-refractivity contribution is 0.619. The molecule has 0 atom stereocenters. The Bertz CT molecular complexity index is 4490. The van der Waals surface area contributed by atoms with Crippen LogP contribution in [0.5, 0.6) is 0 Å². The van der Waals surface area contributed by atoms with Gasteiger partial charge >= 0.3 is 0 Å². The van der Waals surface area contributed by atoms with Crippen LogP contribution in [0.3, 0.4) is 0 Å². The molecule has 350 valence electrons. The van der Waals surface area contributed by atoms with Crippen LogP contribution >= 0.6 is 0 Å². The van der Waals surface area contributed by atoms with Crippen LogP contribution in [0.25, 0.3) is 151 Å². The van der Waals surface area contributed by atoms with Crippen LogP contribution in [-0.2, 0) is 0 Å². The predicted octanol–water partition coefficient (Wildman–Crippen LogP) is 17.2. The fraction of sp³-hybridized carbons (Fsp3) is 0. The monoisotopic (exact) mass is 960 g/mol. The van der Waals surface area contributed by atoms with Crippen LogP contribution in [0.1, 0.15) is 0 Å². The highest BCUT2D eigenvalue weighted by Gasteiger charge is 2.20. The highest BCUT2D eigenvalue weighted by Crippen LogP contribution is 2.42. The van der Waals surface area contributed by atoms with E-state index in [-0.39, 0.29) is 0 Å². The van der Waals surface area contributed by atoms with Crippen LogP contribution in [0.15, 0.2) is 251 Å². The summed E-state index contributed by atoms with van der Waals surface area (Å²) in [5.74, 6) is 2.77. The summed E-state index contributed by atoms with van der Waals surface area (Å²) in [6.45, 7) is 0. The van der Waals surface area contributed by atoms with Crippen LogP contribution < -0.4 is 0 Å². The zero-order chi connectivity index (χ0) is 49.4.